The van der Waals surface area contributed by atoms with Crippen molar-refractivity contribution in [2.45, 2.75) is 0 Å². The van der Waals surface area contributed by atoms with Crippen LogP contribution >= 0.6 is 0 Å². The van der Waals surface area contributed by atoms with Gasteiger partial charge in [-0.2, -0.15) is 0 Å². The van der Waals surface area contributed by atoms with E-state index in [0.29, 0.717) is 5.65 Å². The summed E-state index contributed by atoms with van der Waals surface area (Å²) in [6.45, 7) is 0. The van der Waals surface area contributed by atoms with Gasteiger partial charge in [0.05, 0.1) is 18.8 Å². The van der Waals surface area contributed by atoms with E-state index in [1.165, 1.54) is 6.33 Å². The molecule has 5 nitrogen and oxygen atoms in total. The van der Waals surface area contributed by atoms with Crippen LogP contribution in [0.2, 0.25) is 0 Å². The van der Waals surface area contributed by atoms with Crippen molar-refractivity contribution in [3.05, 3.63) is 55.4 Å². The fourth-order valence-corrected chi connectivity index (χ4v) is 1.60. The van der Waals surface area contributed by atoms with E-state index in [-0.39, 0.29) is 0 Å². The highest BCUT2D eigenvalue weighted by atomic mass is 16.3. The summed E-state index contributed by atoms with van der Waals surface area (Å²) in [6, 6.07) is 9.90. The van der Waals surface area contributed by atoms with E-state index < -0.39 is 0 Å². The molecule has 0 unspecified atom stereocenters. The Morgan fingerprint density at radius 1 is 1.06 bits per heavy atom. The van der Waals surface area contributed by atoms with Crippen LogP contribution in [0.25, 0.3) is 22.1 Å². The minimum Gasteiger partial charge on any atom is -0.464 e. The molecule has 0 aliphatic rings. The molecule has 3 aromatic heterocycles. The minimum absolute atomic E-state index is 0.713. The number of imidazole rings is 1. The van der Waals surface area contributed by atoms with Crippen LogP contribution in [0.1, 0.15) is 0 Å². The maximum absolute atomic E-state index is 5.12. The van der Waals surface area contributed by atoms with Gasteiger partial charge < -0.3 is 9.40 Å². The number of rotatable bonds is 0. The van der Waals surface area contributed by atoms with Gasteiger partial charge in [-0.1, -0.05) is 18.2 Å². The Kier molecular flexibility index (Phi) is 2.71. The molecule has 0 saturated heterocycles. The lowest BCUT2D eigenvalue weighted by atomic mass is 10.3. The normalized spacial score (nSPS) is 10.2. The zero-order valence-electron chi connectivity index (χ0n) is 9.45. The number of nitrogens with one attached hydrogen (secondary N) is 1. The number of hydrogen-bond acceptors (Lipinski definition) is 4. The van der Waals surface area contributed by atoms with E-state index in [1.807, 2.05) is 30.3 Å². The highest BCUT2D eigenvalue weighted by molar-refractivity contribution is 5.76. The quantitative estimate of drug-likeness (QED) is 0.511. The topological polar surface area (TPSA) is 67.6 Å². The Morgan fingerprint density at radius 2 is 2.00 bits per heavy atom. The number of hydrogen-bond donors (Lipinski definition) is 1. The summed E-state index contributed by atoms with van der Waals surface area (Å²) < 4.78 is 5.12. The highest BCUT2D eigenvalue weighted by Crippen LogP contribution is 2.12. The summed E-state index contributed by atoms with van der Waals surface area (Å²) in [6.07, 6.45) is 6.46. The largest absolute Gasteiger partial charge is 0.464 e. The maximum atomic E-state index is 5.12. The van der Waals surface area contributed by atoms with E-state index in [2.05, 4.69) is 19.9 Å². The van der Waals surface area contributed by atoms with Crippen molar-refractivity contribution >= 4 is 22.1 Å². The highest BCUT2D eigenvalue weighted by Gasteiger charge is 1.91. The van der Waals surface area contributed by atoms with Gasteiger partial charge in [0.25, 0.3) is 0 Å². The van der Waals surface area contributed by atoms with Gasteiger partial charge in [-0.25, -0.2) is 15.0 Å². The van der Waals surface area contributed by atoms with E-state index in [4.69, 9.17) is 4.42 Å². The second-order valence-electron chi connectivity index (χ2n) is 3.62. The van der Waals surface area contributed by atoms with E-state index in [1.54, 1.807) is 18.8 Å². The predicted octanol–water partition coefficient (Wildman–Crippen LogP) is 2.79. The van der Waals surface area contributed by atoms with Gasteiger partial charge in [-0.15, -0.1) is 0 Å². The average molecular weight is 238 g/mol. The van der Waals surface area contributed by atoms with Crippen LogP contribution < -0.4 is 0 Å². The van der Waals surface area contributed by atoms with Crippen molar-refractivity contribution in [3.63, 3.8) is 0 Å². The molecule has 88 valence electrons. The zero-order valence-corrected chi connectivity index (χ0v) is 9.45. The Hall–Kier alpha value is -2.69. The third kappa shape index (κ3) is 2.06. The summed E-state index contributed by atoms with van der Waals surface area (Å²) in [5, 5.41) is 1.16. The molecule has 0 fully saturated rings. The van der Waals surface area contributed by atoms with Crippen LogP contribution in [0.15, 0.2) is 59.9 Å². The molecule has 0 aliphatic heterocycles. The van der Waals surface area contributed by atoms with E-state index in [9.17, 15) is 0 Å². The molecule has 18 heavy (non-hydrogen) atoms. The first-order valence-corrected chi connectivity index (χ1v) is 5.45. The Bertz CT molecular complexity index is 633. The van der Waals surface area contributed by atoms with Crippen molar-refractivity contribution in [2.75, 3.05) is 0 Å². The molecule has 0 radical (unpaired) electrons. The molecule has 1 N–H and O–H groups in total. The fraction of sp³-hybridized carbons (Fsp3) is 0. The summed E-state index contributed by atoms with van der Waals surface area (Å²) in [4.78, 5) is 14.5. The van der Waals surface area contributed by atoms with Crippen LogP contribution in [-0.2, 0) is 0 Å². The molecule has 0 bridgehead atoms. The third-order valence-corrected chi connectivity index (χ3v) is 2.46. The summed E-state index contributed by atoms with van der Waals surface area (Å²) >= 11 is 0. The van der Waals surface area contributed by atoms with Crippen molar-refractivity contribution in [1.29, 1.82) is 0 Å². The van der Waals surface area contributed by atoms with Crippen LogP contribution in [-0.4, -0.2) is 19.9 Å². The lowest BCUT2D eigenvalue weighted by Gasteiger charge is -1.81. The standard InChI is InChI=1S/C8H6O.C5H4N4/c1-2-4-8-7(3-1)5-6-9-8;1-4-5(8-2-6-1)9-3-7-4/h1-6H;1-3H,(H,6,7,8,9). The first-order valence-electron chi connectivity index (χ1n) is 5.45. The predicted molar refractivity (Wildman–Crippen MR) is 67.9 cm³/mol. The lowest BCUT2D eigenvalue weighted by molar-refractivity contribution is 0.616. The van der Waals surface area contributed by atoms with Gasteiger partial charge >= 0.3 is 0 Å². The molecule has 1 aromatic carbocycles. The van der Waals surface area contributed by atoms with Gasteiger partial charge in [0, 0.05) is 5.39 Å². The Balaban J connectivity index is 0.000000111. The number of nitrogens with zero attached hydrogens (tertiary/aromatic N) is 3. The summed E-state index contributed by atoms with van der Waals surface area (Å²) in [7, 11) is 0. The number of aromatic nitrogens is 4. The smallest absolute Gasteiger partial charge is 0.180 e. The second-order valence-corrected chi connectivity index (χ2v) is 3.62. The molecule has 3 heterocycles. The molecule has 4 rings (SSSR count). The average Bonchev–Trinajstić information content (AvgIpc) is 3.08. The maximum Gasteiger partial charge on any atom is 0.180 e. The first kappa shape index (κ1) is 10.5. The number of para-hydroxylation sites is 1. The van der Waals surface area contributed by atoms with Crippen molar-refractivity contribution < 1.29 is 4.42 Å². The Morgan fingerprint density at radius 3 is 2.89 bits per heavy atom. The van der Waals surface area contributed by atoms with Crippen LogP contribution in [0.5, 0.6) is 0 Å². The molecule has 0 saturated carbocycles. The number of furan rings is 1. The van der Waals surface area contributed by atoms with Gasteiger partial charge in [-0.05, 0) is 12.1 Å². The number of benzene rings is 1. The molecule has 0 amide bonds. The third-order valence-electron chi connectivity index (χ3n) is 2.46. The SMILES string of the molecule is c1ccc2occc2c1.c1ncc2[nH]cnc2n1. The van der Waals surface area contributed by atoms with Gasteiger partial charge in [-0.3, -0.25) is 0 Å². The van der Waals surface area contributed by atoms with E-state index in [0.717, 1.165) is 16.5 Å². The monoisotopic (exact) mass is 238 g/mol. The van der Waals surface area contributed by atoms with Crippen molar-refractivity contribution in [3.8, 4) is 0 Å². The molecule has 5 heteroatoms. The first-order chi connectivity index (χ1) is 8.93. The van der Waals surface area contributed by atoms with Crippen LogP contribution in [0.3, 0.4) is 0 Å². The lowest BCUT2D eigenvalue weighted by Crippen LogP contribution is -1.76. The van der Waals surface area contributed by atoms with E-state index >= 15 is 0 Å². The van der Waals surface area contributed by atoms with Crippen molar-refractivity contribution in [2.24, 2.45) is 0 Å². The second kappa shape index (κ2) is 4.67. The molecular formula is C13H10N4O. The summed E-state index contributed by atoms with van der Waals surface area (Å²) in [5.74, 6) is 0. The molecule has 0 spiro atoms. The van der Waals surface area contributed by atoms with Crippen LogP contribution in [0.4, 0.5) is 0 Å². The fourth-order valence-electron chi connectivity index (χ4n) is 1.60. The number of aromatic amines is 1. The van der Waals surface area contributed by atoms with Gasteiger partial charge in [0.15, 0.2) is 5.65 Å². The molecular weight excluding hydrogens is 228 g/mol. The Labute approximate surface area is 103 Å². The molecule has 4 aromatic rings. The minimum atomic E-state index is 0.713. The zero-order chi connectivity index (χ0) is 12.2. The van der Waals surface area contributed by atoms with Crippen LogP contribution in [0, 0.1) is 0 Å². The van der Waals surface area contributed by atoms with Gasteiger partial charge in [0.1, 0.15) is 17.4 Å². The van der Waals surface area contributed by atoms with Crippen molar-refractivity contribution in [1.82, 2.24) is 19.9 Å². The molecule has 0 aliphatic carbocycles. The number of H-pyrrole nitrogens is 1. The summed E-state index contributed by atoms with van der Waals surface area (Å²) in [5.41, 5.74) is 2.54. The molecule has 0 atom stereocenters. The van der Waals surface area contributed by atoms with Gasteiger partial charge in [0.2, 0.25) is 0 Å². The number of fused-ring (bicyclic) bond motifs is 2.